The molecule has 0 aliphatic heterocycles. The number of benzene rings is 2. The van der Waals surface area contributed by atoms with E-state index in [-0.39, 0.29) is 5.91 Å². The van der Waals surface area contributed by atoms with Crippen LogP contribution in [-0.4, -0.2) is 10.9 Å². The molecule has 22 heavy (non-hydrogen) atoms. The van der Waals surface area contributed by atoms with Crippen LogP contribution < -0.4 is 5.32 Å². The first-order valence-electron chi connectivity index (χ1n) is 7.12. The minimum Gasteiger partial charge on any atom is -0.361 e. The van der Waals surface area contributed by atoms with Crippen LogP contribution >= 0.6 is 15.9 Å². The number of halogens is 1. The fraction of sp³-hybridized carbons (Fsp3) is 0.167. The van der Waals surface area contributed by atoms with E-state index in [1.807, 2.05) is 68.6 Å². The van der Waals surface area contributed by atoms with Gasteiger partial charge in [0.2, 0.25) is 5.91 Å². The van der Waals surface area contributed by atoms with Gasteiger partial charge < -0.3 is 10.3 Å². The molecule has 3 aromatic rings. The number of amides is 1. The molecule has 4 heteroatoms. The molecular formula is C18H17BrN2O. The van der Waals surface area contributed by atoms with Gasteiger partial charge in [-0.05, 0) is 43.7 Å². The van der Waals surface area contributed by atoms with Gasteiger partial charge in [0, 0.05) is 27.3 Å². The van der Waals surface area contributed by atoms with Crippen molar-refractivity contribution in [3.8, 4) is 0 Å². The minimum absolute atomic E-state index is 0.0321. The molecule has 0 aliphatic carbocycles. The molecule has 3 nitrogen and oxygen atoms in total. The predicted molar refractivity (Wildman–Crippen MR) is 94.1 cm³/mol. The van der Waals surface area contributed by atoms with Gasteiger partial charge in [-0.15, -0.1) is 0 Å². The fourth-order valence-corrected chi connectivity index (χ4v) is 2.96. The normalized spacial score (nSPS) is 11.6. The lowest BCUT2D eigenvalue weighted by Gasteiger charge is -2.23. The van der Waals surface area contributed by atoms with Crippen LogP contribution in [0.1, 0.15) is 19.4 Å². The Labute approximate surface area is 137 Å². The summed E-state index contributed by atoms with van der Waals surface area (Å²) in [6.45, 7) is 3.88. The van der Waals surface area contributed by atoms with E-state index in [0.29, 0.717) is 0 Å². The zero-order chi connectivity index (χ0) is 15.7. The molecule has 0 radical (unpaired) electrons. The minimum atomic E-state index is -0.637. The summed E-state index contributed by atoms with van der Waals surface area (Å²) in [4.78, 5) is 16.0. The lowest BCUT2D eigenvalue weighted by molar-refractivity contribution is -0.120. The van der Waals surface area contributed by atoms with Gasteiger partial charge in [-0.2, -0.15) is 0 Å². The van der Waals surface area contributed by atoms with Gasteiger partial charge in [-0.1, -0.05) is 40.2 Å². The maximum absolute atomic E-state index is 12.7. The van der Waals surface area contributed by atoms with Crippen LogP contribution in [0.15, 0.2) is 59.2 Å². The van der Waals surface area contributed by atoms with Crippen molar-refractivity contribution in [2.75, 3.05) is 5.32 Å². The van der Waals surface area contributed by atoms with Crippen molar-refractivity contribution >= 4 is 38.4 Å². The van der Waals surface area contributed by atoms with E-state index < -0.39 is 5.41 Å². The number of carbonyl (C=O) groups is 1. The Morgan fingerprint density at radius 2 is 1.91 bits per heavy atom. The second-order valence-electron chi connectivity index (χ2n) is 5.84. The SMILES string of the molecule is CC(C)(C(=O)Nc1cccc(Br)c1)c1c[nH]c2ccccc12. The van der Waals surface area contributed by atoms with E-state index in [2.05, 4.69) is 26.2 Å². The number of aromatic amines is 1. The molecule has 2 aromatic carbocycles. The second kappa shape index (κ2) is 5.61. The lowest BCUT2D eigenvalue weighted by atomic mass is 9.83. The zero-order valence-electron chi connectivity index (χ0n) is 12.5. The van der Waals surface area contributed by atoms with Gasteiger partial charge in [0.1, 0.15) is 0 Å². The average Bonchev–Trinajstić information content (AvgIpc) is 2.91. The third kappa shape index (κ3) is 2.66. The lowest BCUT2D eigenvalue weighted by Crippen LogP contribution is -2.34. The molecule has 0 bridgehead atoms. The summed E-state index contributed by atoms with van der Waals surface area (Å²) in [6, 6.07) is 15.6. The number of nitrogens with one attached hydrogen (secondary N) is 2. The number of fused-ring (bicyclic) bond motifs is 1. The maximum Gasteiger partial charge on any atom is 0.234 e. The Bertz CT molecular complexity index is 836. The average molecular weight is 357 g/mol. The summed E-state index contributed by atoms with van der Waals surface area (Å²) < 4.78 is 0.940. The highest BCUT2D eigenvalue weighted by atomic mass is 79.9. The topological polar surface area (TPSA) is 44.9 Å². The fourth-order valence-electron chi connectivity index (χ4n) is 2.56. The van der Waals surface area contributed by atoms with E-state index >= 15 is 0 Å². The van der Waals surface area contributed by atoms with Crippen LogP contribution in [0.25, 0.3) is 10.9 Å². The monoisotopic (exact) mass is 356 g/mol. The van der Waals surface area contributed by atoms with Crippen LogP contribution in [0.4, 0.5) is 5.69 Å². The first kappa shape index (κ1) is 14.9. The molecular weight excluding hydrogens is 340 g/mol. The number of hydrogen-bond donors (Lipinski definition) is 2. The summed E-state index contributed by atoms with van der Waals surface area (Å²) in [7, 11) is 0. The molecule has 112 valence electrons. The van der Waals surface area contributed by atoms with Crippen molar-refractivity contribution in [1.82, 2.24) is 4.98 Å². The van der Waals surface area contributed by atoms with Crippen molar-refractivity contribution in [1.29, 1.82) is 0 Å². The highest BCUT2D eigenvalue weighted by molar-refractivity contribution is 9.10. The summed E-state index contributed by atoms with van der Waals surface area (Å²) in [5.41, 5.74) is 2.19. The Kier molecular flexibility index (Phi) is 3.79. The van der Waals surface area contributed by atoms with E-state index in [1.54, 1.807) is 0 Å². The summed E-state index contributed by atoms with van der Waals surface area (Å²) >= 11 is 3.42. The number of rotatable bonds is 3. The van der Waals surface area contributed by atoms with Crippen molar-refractivity contribution in [2.24, 2.45) is 0 Å². The standard InChI is InChI=1S/C18H17BrN2O/c1-18(2,15-11-20-16-9-4-3-8-14(15)16)17(22)21-13-7-5-6-12(19)10-13/h3-11,20H,1-2H3,(H,21,22). The third-order valence-corrected chi connectivity index (χ3v) is 4.41. The smallest absolute Gasteiger partial charge is 0.234 e. The van der Waals surface area contributed by atoms with Crippen LogP contribution in [0.5, 0.6) is 0 Å². The van der Waals surface area contributed by atoms with Crippen LogP contribution in [0, 0.1) is 0 Å². The molecule has 0 spiro atoms. The molecule has 1 heterocycles. The Hall–Kier alpha value is -2.07. The number of hydrogen-bond acceptors (Lipinski definition) is 1. The van der Waals surface area contributed by atoms with E-state index in [1.165, 1.54) is 0 Å². The number of aromatic nitrogens is 1. The summed E-state index contributed by atoms with van der Waals surface area (Å²) in [5.74, 6) is -0.0321. The summed E-state index contributed by atoms with van der Waals surface area (Å²) in [5, 5.41) is 4.07. The van der Waals surface area contributed by atoms with Crippen molar-refractivity contribution in [2.45, 2.75) is 19.3 Å². The molecule has 3 rings (SSSR count). The molecule has 0 aliphatic rings. The van der Waals surface area contributed by atoms with Gasteiger partial charge in [-0.25, -0.2) is 0 Å². The second-order valence-corrected chi connectivity index (χ2v) is 6.75. The Morgan fingerprint density at radius 3 is 2.68 bits per heavy atom. The maximum atomic E-state index is 12.7. The van der Waals surface area contributed by atoms with E-state index in [0.717, 1.165) is 26.6 Å². The first-order chi connectivity index (χ1) is 10.5. The summed E-state index contributed by atoms with van der Waals surface area (Å²) in [6.07, 6.45) is 1.92. The molecule has 1 aromatic heterocycles. The van der Waals surface area contributed by atoms with Gasteiger partial charge in [0.25, 0.3) is 0 Å². The number of carbonyl (C=O) groups excluding carboxylic acids is 1. The molecule has 0 fully saturated rings. The Balaban J connectivity index is 1.93. The van der Waals surface area contributed by atoms with Gasteiger partial charge in [0.15, 0.2) is 0 Å². The highest BCUT2D eigenvalue weighted by Gasteiger charge is 2.32. The quantitative estimate of drug-likeness (QED) is 0.692. The Morgan fingerprint density at radius 1 is 1.14 bits per heavy atom. The van der Waals surface area contributed by atoms with Gasteiger partial charge >= 0.3 is 0 Å². The van der Waals surface area contributed by atoms with E-state index in [9.17, 15) is 4.79 Å². The number of para-hydroxylation sites is 1. The predicted octanol–water partition coefficient (Wildman–Crippen LogP) is 4.85. The molecule has 2 N–H and O–H groups in total. The van der Waals surface area contributed by atoms with Crippen LogP contribution in [0.2, 0.25) is 0 Å². The van der Waals surface area contributed by atoms with Crippen molar-refractivity contribution in [3.05, 3.63) is 64.8 Å². The number of anilines is 1. The molecule has 0 saturated heterocycles. The first-order valence-corrected chi connectivity index (χ1v) is 7.91. The molecule has 0 saturated carbocycles. The van der Waals surface area contributed by atoms with Crippen LogP contribution in [-0.2, 0) is 10.2 Å². The molecule has 1 amide bonds. The molecule has 0 unspecified atom stereocenters. The number of H-pyrrole nitrogens is 1. The third-order valence-electron chi connectivity index (χ3n) is 3.91. The van der Waals surface area contributed by atoms with Gasteiger partial charge in [-0.3, -0.25) is 4.79 Å². The molecule has 0 atom stereocenters. The zero-order valence-corrected chi connectivity index (χ0v) is 14.1. The largest absolute Gasteiger partial charge is 0.361 e. The van der Waals surface area contributed by atoms with Gasteiger partial charge in [0.05, 0.1) is 5.41 Å². The van der Waals surface area contributed by atoms with Crippen molar-refractivity contribution in [3.63, 3.8) is 0 Å². The van der Waals surface area contributed by atoms with E-state index in [4.69, 9.17) is 0 Å². The highest BCUT2D eigenvalue weighted by Crippen LogP contribution is 2.31. The van der Waals surface area contributed by atoms with Crippen LogP contribution in [0.3, 0.4) is 0 Å². The van der Waals surface area contributed by atoms with Crippen molar-refractivity contribution < 1.29 is 4.79 Å².